The van der Waals surface area contributed by atoms with Crippen LogP contribution in [0.3, 0.4) is 0 Å². The van der Waals surface area contributed by atoms with Gasteiger partial charge in [0.1, 0.15) is 12.4 Å². The molecule has 1 heterocycles. The fourth-order valence-electron chi connectivity index (χ4n) is 6.18. The van der Waals surface area contributed by atoms with Gasteiger partial charge < -0.3 is 13.9 Å². The maximum Gasteiger partial charge on any atom is 0.312 e. The number of benzene rings is 2. The Morgan fingerprint density at radius 1 is 0.930 bits per heavy atom. The van der Waals surface area contributed by atoms with E-state index in [1.165, 1.54) is 22.3 Å². The third-order valence-corrected chi connectivity index (χ3v) is 14.9. The predicted octanol–water partition coefficient (Wildman–Crippen LogP) is 10.1. The summed E-state index contributed by atoms with van der Waals surface area (Å²) in [4.78, 5) is 12.1. The quantitative estimate of drug-likeness (QED) is 0.178. The molecule has 3 rings (SSSR count). The largest absolute Gasteiger partial charge is 0.492 e. The molecule has 0 aromatic heterocycles. The number of carbonyl (C=O) groups is 1. The first-order valence-corrected chi connectivity index (χ1v) is 19.5. The molecule has 1 aliphatic heterocycles. The minimum Gasteiger partial charge on any atom is -0.492 e. The van der Waals surface area contributed by atoms with Crippen LogP contribution in [0.5, 0.6) is 5.75 Å². The average Bonchev–Trinajstić information content (AvgIpc) is 2.92. The Morgan fingerprint density at radius 3 is 2.05 bits per heavy atom. The number of esters is 1. The lowest BCUT2D eigenvalue weighted by atomic mass is 9.69. The molecule has 2 atom stereocenters. The number of ether oxygens (including phenoxy) is 2. The van der Waals surface area contributed by atoms with Crippen LogP contribution in [-0.4, -0.2) is 33.6 Å². The monoisotopic (exact) mass is 608 g/mol. The molecule has 0 bridgehead atoms. The minimum atomic E-state index is -1.87. The molecule has 240 valence electrons. The topological polar surface area (TPSA) is 44.8 Å². The van der Waals surface area contributed by atoms with Crippen molar-refractivity contribution in [2.24, 2.45) is 11.3 Å². The molecule has 1 saturated heterocycles. The summed E-state index contributed by atoms with van der Waals surface area (Å²) >= 11 is 0. The second-order valence-corrected chi connectivity index (χ2v) is 20.3. The van der Waals surface area contributed by atoms with Crippen LogP contribution in [0.1, 0.15) is 115 Å². The van der Waals surface area contributed by atoms with Crippen molar-refractivity contribution in [2.75, 3.05) is 13.2 Å². The van der Waals surface area contributed by atoms with Crippen LogP contribution in [0.15, 0.2) is 36.4 Å². The smallest absolute Gasteiger partial charge is 0.312 e. The Morgan fingerprint density at radius 2 is 1.53 bits per heavy atom. The van der Waals surface area contributed by atoms with E-state index in [0.717, 1.165) is 49.8 Å². The summed E-state index contributed by atoms with van der Waals surface area (Å²) in [6.45, 7) is 28.6. The highest BCUT2D eigenvalue weighted by molar-refractivity contribution is 6.74. The first-order chi connectivity index (χ1) is 19.9. The van der Waals surface area contributed by atoms with Gasteiger partial charge in [-0.3, -0.25) is 4.79 Å². The average molecular weight is 609 g/mol. The minimum absolute atomic E-state index is 0.0703. The molecule has 1 unspecified atom stereocenters. The molecule has 5 heteroatoms. The van der Waals surface area contributed by atoms with Crippen molar-refractivity contribution in [2.45, 2.75) is 137 Å². The van der Waals surface area contributed by atoms with E-state index in [0.29, 0.717) is 13.2 Å². The molecule has 0 amide bonds. The Bertz CT molecular complexity index is 1230. The maximum absolute atomic E-state index is 12.1. The predicted molar refractivity (Wildman–Crippen MR) is 183 cm³/mol. The highest BCUT2D eigenvalue weighted by Crippen LogP contribution is 2.42. The number of cyclic esters (lactones) is 1. The molecule has 2 aromatic carbocycles. The number of hydrogen-bond donors (Lipinski definition) is 0. The SMILES string of the molecule is CCC(CC)(c1ccc(CC[C@@H](O[Si](C)(C)C(C)(C)C)C(C)(C)C)c(C)c1)c1ccc(OCC2CCCOC2=O)c(C)c1. The summed E-state index contributed by atoms with van der Waals surface area (Å²) < 4.78 is 18.3. The Kier molecular flexibility index (Phi) is 11.4. The molecule has 0 spiro atoms. The lowest BCUT2D eigenvalue weighted by Crippen LogP contribution is -2.47. The number of aryl methyl sites for hydroxylation is 3. The summed E-state index contributed by atoms with van der Waals surface area (Å²) in [5, 5.41) is 0.198. The Balaban J connectivity index is 1.80. The van der Waals surface area contributed by atoms with Crippen LogP contribution in [0.25, 0.3) is 0 Å². The second kappa shape index (κ2) is 13.9. The molecule has 4 nitrogen and oxygen atoms in total. The highest BCUT2D eigenvalue weighted by atomic mass is 28.4. The molecule has 0 saturated carbocycles. The number of hydrogen-bond acceptors (Lipinski definition) is 4. The lowest BCUT2D eigenvalue weighted by molar-refractivity contribution is -0.154. The van der Waals surface area contributed by atoms with Gasteiger partial charge in [0.25, 0.3) is 0 Å². The van der Waals surface area contributed by atoms with Gasteiger partial charge in [-0.15, -0.1) is 0 Å². The zero-order valence-electron chi connectivity index (χ0n) is 29.4. The first kappa shape index (κ1) is 35.4. The molecule has 1 aliphatic rings. The van der Waals surface area contributed by atoms with E-state index in [1.54, 1.807) is 0 Å². The van der Waals surface area contributed by atoms with Gasteiger partial charge in [0.2, 0.25) is 0 Å². The van der Waals surface area contributed by atoms with Gasteiger partial charge in [0, 0.05) is 5.41 Å². The van der Waals surface area contributed by atoms with Crippen molar-refractivity contribution >= 4 is 14.3 Å². The Hall–Kier alpha value is -2.11. The number of carbonyl (C=O) groups excluding carboxylic acids is 1. The molecule has 1 fully saturated rings. The molecular weight excluding hydrogens is 549 g/mol. The summed E-state index contributed by atoms with van der Waals surface area (Å²) in [5.74, 6) is 0.549. The van der Waals surface area contributed by atoms with Crippen LogP contribution in [0.4, 0.5) is 0 Å². The van der Waals surface area contributed by atoms with Gasteiger partial charge in [0.15, 0.2) is 8.32 Å². The fourth-order valence-corrected chi connectivity index (χ4v) is 7.72. The second-order valence-electron chi connectivity index (χ2n) is 15.5. The van der Waals surface area contributed by atoms with Crippen molar-refractivity contribution in [3.05, 3.63) is 64.2 Å². The normalized spacial score (nSPS) is 17.5. The zero-order chi connectivity index (χ0) is 32.2. The van der Waals surface area contributed by atoms with E-state index in [2.05, 4.69) is 119 Å². The van der Waals surface area contributed by atoms with Crippen molar-refractivity contribution in [1.29, 1.82) is 0 Å². The molecule has 0 radical (unpaired) electrons. The van der Waals surface area contributed by atoms with Crippen molar-refractivity contribution in [3.63, 3.8) is 0 Å². The third kappa shape index (κ3) is 8.33. The number of rotatable bonds is 12. The lowest BCUT2D eigenvalue weighted by Gasteiger charge is -2.43. The van der Waals surface area contributed by atoms with Crippen LogP contribution in [-0.2, 0) is 25.8 Å². The van der Waals surface area contributed by atoms with Gasteiger partial charge in [-0.1, -0.05) is 85.7 Å². The van der Waals surface area contributed by atoms with E-state index in [-0.39, 0.29) is 33.9 Å². The van der Waals surface area contributed by atoms with Crippen LogP contribution in [0.2, 0.25) is 18.1 Å². The van der Waals surface area contributed by atoms with E-state index in [4.69, 9.17) is 13.9 Å². The maximum atomic E-state index is 12.1. The molecule has 0 N–H and O–H groups in total. The van der Waals surface area contributed by atoms with E-state index in [1.807, 2.05) is 0 Å². The molecule has 43 heavy (non-hydrogen) atoms. The van der Waals surface area contributed by atoms with Crippen LogP contribution < -0.4 is 4.74 Å². The first-order valence-electron chi connectivity index (χ1n) is 16.6. The molecular formula is C38H60O4Si. The standard InChI is InChI=1S/C38H60O4Si/c1-13-38(14-2,32-20-21-33(28(4)25-32)41-26-30-16-15-23-40-35(30)39)31-19-17-29(27(3)24-31)18-22-34(36(5,6)7)42-43(11,12)37(8,9)10/h17,19-21,24-25,30,34H,13-16,18,22-23,26H2,1-12H3/t30?,34-/m1/s1. The van der Waals surface area contributed by atoms with Crippen molar-refractivity contribution in [1.82, 2.24) is 0 Å². The van der Waals surface area contributed by atoms with E-state index in [9.17, 15) is 4.79 Å². The summed E-state index contributed by atoms with van der Waals surface area (Å²) in [6.07, 6.45) is 6.05. The van der Waals surface area contributed by atoms with Gasteiger partial charge in [-0.25, -0.2) is 0 Å². The Labute approximate surface area is 264 Å². The molecule has 0 aliphatic carbocycles. The van der Waals surface area contributed by atoms with Crippen LogP contribution in [0, 0.1) is 25.2 Å². The summed E-state index contributed by atoms with van der Waals surface area (Å²) in [7, 11) is -1.87. The third-order valence-electron chi connectivity index (χ3n) is 10.4. The summed E-state index contributed by atoms with van der Waals surface area (Å²) in [5.41, 5.74) is 6.61. The van der Waals surface area contributed by atoms with Crippen molar-refractivity contribution in [3.8, 4) is 5.75 Å². The van der Waals surface area contributed by atoms with E-state index < -0.39 is 8.32 Å². The van der Waals surface area contributed by atoms with Crippen LogP contribution >= 0.6 is 0 Å². The van der Waals surface area contributed by atoms with Gasteiger partial charge in [-0.05, 0) is 110 Å². The van der Waals surface area contributed by atoms with Gasteiger partial charge in [0.05, 0.1) is 18.6 Å². The van der Waals surface area contributed by atoms with E-state index >= 15 is 0 Å². The fraction of sp³-hybridized carbons (Fsp3) is 0.658. The molecule has 2 aromatic rings. The van der Waals surface area contributed by atoms with Gasteiger partial charge in [-0.2, -0.15) is 0 Å². The summed E-state index contributed by atoms with van der Waals surface area (Å²) in [6, 6.07) is 13.8. The zero-order valence-corrected chi connectivity index (χ0v) is 30.4. The van der Waals surface area contributed by atoms with Gasteiger partial charge >= 0.3 is 5.97 Å². The highest BCUT2D eigenvalue weighted by Gasteiger charge is 2.41. The van der Waals surface area contributed by atoms with Crippen molar-refractivity contribution < 1.29 is 18.7 Å².